The number of hydrogen-bond donors (Lipinski definition) is 6. The highest BCUT2D eigenvalue weighted by atomic mass is 16.2. The van der Waals surface area contributed by atoms with Crippen LogP contribution in [0.2, 0.25) is 0 Å². The fourth-order valence-corrected chi connectivity index (χ4v) is 2.70. The molecule has 0 aliphatic carbocycles. The van der Waals surface area contributed by atoms with Crippen LogP contribution in [0.15, 0.2) is 41.8 Å². The predicted octanol–water partition coefficient (Wildman–Crippen LogP) is -0.580. The molecule has 3 amide bonds. The van der Waals surface area contributed by atoms with Crippen LogP contribution in [-0.4, -0.2) is 45.9 Å². The standard InChI is InChI=1S/C19H27N9O3/c1-11(20)4-5-23-17(30)14-7-13(10-27(14)2)26-18(31)15-6-12(9-28(15)3)25-16(29)8-24-19(21)22/h6-7,9-10H,1,4-5,8,20H2,2-3H3,(H,23,30)(H,25,29)(H,26,31)(H4,21,22,24). The van der Waals surface area contributed by atoms with E-state index in [0.717, 1.165) is 0 Å². The first-order chi connectivity index (χ1) is 14.6. The zero-order chi connectivity index (χ0) is 23.1. The van der Waals surface area contributed by atoms with Gasteiger partial charge in [0.05, 0.1) is 11.4 Å². The maximum Gasteiger partial charge on any atom is 0.272 e. The van der Waals surface area contributed by atoms with E-state index in [9.17, 15) is 14.4 Å². The quantitative estimate of drug-likeness (QED) is 0.228. The van der Waals surface area contributed by atoms with Crippen LogP contribution in [0.3, 0.4) is 0 Å². The van der Waals surface area contributed by atoms with E-state index >= 15 is 0 Å². The Morgan fingerprint density at radius 1 is 0.968 bits per heavy atom. The van der Waals surface area contributed by atoms with E-state index in [4.69, 9.17) is 17.2 Å². The molecule has 0 atom stereocenters. The van der Waals surface area contributed by atoms with E-state index in [1.807, 2.05) is 0 Å². The van der Waals surface area contributed by atoms with Gasteiger partial charge in [0.2, 0.25) is 5.91 Å². The minimum absolute atomic E-state index is 0.191. The third-order valence-corrected chi connectivity index (χ3v) is 4.15. The number of nitrogens with one attached hydrogen (secondary N) is 3. The van der Waals surface area contributed by atoms with E-state index in [1.165, 1.54) is 6.07 Å². The molecule has 0 unspecified atom stereocenters. The molecular formula is C19H27N9O3. The molecule has 9 N–H and O–H groups in total. The largest absolute Gasteiger partial charge is 0.402 e. The van der Waals surface area contributed by atoms with Gasteiger partial charge >= 0.3 is 0 Å². The summed E-state index contributed by atoms with van der Waals surface area (Å²) in [5, 5.41) is 8.07. The van der Waals surface area contributed by atoms with E-state index < -0.39 is 11.8 Å². The Kier molecular flexibility index (Phi) is 7.44. The Balaban J connectivity index is 2.03. The number of anilines is 2. The lowest BCUT2D eigenvalue weighted by molar-refractivity contribution is -0.114. The number of nitrogens with two attached hydrogens (primary N) is 3. The molecule has 12 nitrogen and oxygen atoms in total. The average molecular weight is 429 g/mol. The Morgan fingerprint density at radius 2 is 1.52 bits per heavy atom. The maximum atomic E-state index is 12.7. The molecule has 0 aromatic carbocycles. The molecule has 0 saturated heterocycles. The van der Waals surface area contributed by atoms with Crippen LogP contribution in [0.5, 0.6) is 0 Å². The SMILES string of the molecule is C=C(N)CCNC(=O)c1cc(NC(=O)c2cc(NC(=O)CN=C(N)N)cn2C)cn1C. The minimum atomic E-state index is -0.428. The Bertz CT molecular complexity index is 1030. The van der Waals surface area contributed by atoms with Crippen molar-refractivity contribution < 1.29 is 14.4 Å². The van der Waals surface area contributed by atoms with Gasteiger partial charge in [0.15, 0.2) is 5.96 Å². The lowest BCUT2D eigenvalue weighted by Gasteiger charge is -2.05. The number of carbonyl (C=O) groups excluding carboxylic acids is 3. The molecule has 0 spiro atoms. The lowest BCUT2D eigenvalue weighted by atomic mass is 10.3. The molecule has 2 heterocycles. The summed E-state index contributed by atoms with van der Waals surface area (Å²) in [7, 11) is 3.36. The van der Waals surface area contributed by atoms with Crippen molar-refractivity contribution in [3.63, 3.8) is 0 Å². The van der Waals surface area contributed by atoms with Gasteiger partial charge in [-0.3, -0.25) is 14.4 Å². The molecule has 0 radical (unpaired) electrons. The molecular weight excluding hydrogens is 402 g/mol. The minimum Gasteiger partial charge on any atom is -0.402 e. The second-order valence-corrected chi connectivity index (χ2v) is 6.86. The average Bonchev–Trinajstić information content (AvgIpc) is 3.21. The lowest BCUT2D eigenvalue weighted by Crippen LogP contribution is -2.27. The maximum absolute atomic E-state index is 12.7. The number of aryl methyl sites for hydroxylation is 2. The molecule has 31 heavy (non-hydrogen) atoms. The number of aliphatic imine (C=N–C) groups is 1. The zero-order valence-electron chi connectivity index (χ0n) is 17.4. The summed E-state index contributed by atoms with van der Waals surface area (Å²) in [4.78, 5) is 40.4. The van der Waals surface area contributed by atoms with Crippen LogP contribution in [-0.2, 0) is 18.9 Å². The van der Waals surface area contributed by atoms with Gasteiger partial charge in [-0.25, -0.2) is 4.99 Å². The van der Waals surface area contributed by atoms with Crippen molar-refractivity contribution in [3.05, 3.63) is 48.2 Å². The molecule has 0 fully saturated rings. The first kappa shape index (κ1) is 23.1. The topological polar surface area (TPSA) is 188 Å². The Morgan fingerprint density at radius 3 is 2.06 bits per heavy atom. The van der Waals surface area contributed by atoms with E-state index in [1.54, 1.807) is 41.7 Å². The molecule has 2 rings (SSSR count). The van der Waals surface area contributed by atoms with Gasteiger partial charge in [-0.1, -0.05) is 6.58 Å². The van der Waals surface area contributed by atoms with Crippen molar-refractivity contribution in [2.45, 2.75) is 6.42 Å². The van der Waals surface area contributed by atoms with Gasteiger partial charge in [0, 0.05) is 45.2 Å². The summed E-state index contributed by atoms with van der Waals surface area (Å²) in [5.74, 6) is -1.33. The molecule has 0 saturated carbocycles. The van der Waals surface area contributed by atoms with Crippen molar-refractivity contribution in [3.8, 4) is 0 Å². The number of rotatable bonds is 9. The molecule has 0 aliphatic rings. The molecule has 166 valence electrons. The monoisotopic (exact) mass is 429 g/mol. The first-order valence-electron chi connectivity index (χ1n) is 9.27. The van der Waals surface area contributed by atoms with Gasteiger partial charge in [-0.15, -0.1) is 0 Å². The Hall–Kier alpha value is -4.22. The zero-order valence-corrected chi connectivity index (χ0v) is 17.4. The second kappa shape index (κ2) is 10.0. The number of aromatic nitrogens is 2. The van der Waals surface area contributed by atoms with Crippen LogP contribution in [0, 0.1) is 0 Å². The van der Waals surface area contributed by atoms with Crippen LogP contribution < -0.4 is 33.2 Å². The van der Waals surface area contributed by atoms with Crippen LogP contribution in [0.25, 0.3) is 0 Å². The summed E-state index contributed by atoms with van der Waals surface area (Å²) in [6.45, 7) is 3.72. The normalized spacial score (nSPS) is 10.3. The van der Waals surface area contributed by atoms with Crippen molar-refractivity contribution in [1.82, 2.24) is 14.5 Å². The Labute approximate surface area is 179 Å². The molecule has 0 aliphatic heterocycles. The van der Waals surface area contributed by atoms with E-state index in [2.05, 4.69) is 27.5 Å². The van der Waals surface area contributed by atoms with Crippen molar-refractivity contribution >= 4 is 35.1 Å². The summed E-state index contributed by atoms with van der Waals surface area (Å²) in [6, 6.07) is 3.07. The summed E-state index contributed by atoms with van der Waals surface area (Å²) in [5.41, 5.74) is 17.9. The van der Waals surface area contributed by atoms with Crippen molar-refractivity contribution in [2.24, 2.45) is 36.3 Å². The smallest absolute Gasteiger partial charge is 0.272 e. The highest BCUT2D eigenvalue weighted by molar-refractivity contribution is 6.05. The number of amides is 3. The van der Waals surface area contributed by atoms with Gasteiger partial charge < -0.3 is 42.3 Å². The van der Waals surface area contributed by atoms with Gasteiger partial charge in [0.1, 0.15) is 17.9 Å². The summed E-state index contributed by atoms with van der Waals surface area (Å²) < 4.78 is 3.16. The molecule has 2 aromatic rings. The fourth-order valence-electron chi connectivity index (χ4n) is 2.70. The summed E-state index contributed by atoms with van der Waals surface area (Å²) in [6.07, 6.45) is 3.67. The van der Waals surface area contributed by atoms with Crippen molar-refractivity contribution in [1.29, 1.82) is 0 Å². The van der Waals surface area contributed by atoms with E-state index in [0.29, 0.717) is 41.4 Å². The predicted molar refractivity (Wildman–Crippen MR) is 118 cm³/mol. The fraction of sp³-hybridized carbons (Fsp3) is 0.263. The highest BCUT2D eigenvalue weighted by Gasteiger charge is 2.16. The van der Waals surface area contributed by atoms with Crippen LogP contribution in [0.4, 0.5) is 11.4 Å². The van der Waals surface area contributed by atoms with Gasteiger partial charge in [-0.05, 0) is 12.1 Å². The van der Waals surface area contributed by atoms with E-state index in [-0.39, 0.29) is 18.4 Å². The molecule has 0 bridgehead atoms. The number of nitrogens with zero attached hydrogens (tertiary/aromatic N) is 3. The highest BCUT2D eigenvalue weighted by Crippen LogP contribution is 2.17. The third-order valence-electron chi connectivity index (χ3n) is 4.15. The molecule has 2 aromatic heterocycles. The number of hydrogen-bond acceptors (Lipinski definition) is 5. The van der Waals surface area contributed by atoms with Crippen LogP contribution >= 0.6 is 0 Å². The second-order valence-electron chi connectivity index (χ2n) is 6.86. The molecule has 12 heteroatoms. The van der Waals surface area contributed by atoms with Gasteiger partial charge in [-0.2, -0.15) is 0 Å². The van der Waals surface area contributed by atoms with Crippen LogP contribution in [0.1, 0.15) is 27.4 Å². The van der Waals surface area contributed by atoms with Gasteiger partial charge in [0.25, 0.3) is 11.8 Å². The van der Waals surface area contributed by atoms with Crippen molar-refractivity contribution in [2.75, 3.05) is 23.7 Å². The summed E-state index contributed by atoms with van der Waals surface area (Å²) >= 11 is 0. The third kappa shape index (κ3) is 6.66. The number of guanidine groups is 1. The first-order valence-corrected chi connectivity index (χ1v) is 9.27. The number of carbonyl (C=O) groups is 3.